The molecule has 72 valence electrons. The molecule has 2 nitrogen and oxygen atoms in total. The minimum atomic E-state index is -0.0576. The number of carbonyl (C=O) groups excluding carboxylic acids is 1. The number of hydrogen-bond donors (Lipinski definition) is 0. The van der Waals surface area contributed by atoms with Crippen LogP contribution in [0.4, 0.5) is 0 Å². The first-order valence-corrected chi connectivity index (χ1v) is 4.78. The van der Waals surface area contributed by atoms with Crippen molar-refractivity contribution in [2.24, 2.45) is 11.8 Å². The van der Waals surface area contributed by atoms with Crippen molar-refractivity contribution in [2.75, 3.05) is 6.61 Å². The number of rotatable bonds is 5. The zero-order valence-electron chi connectivity index (χ0n) is 8.59. The van der Waals surface area contributed by atoms with Crippen LogP contribution in [0, 0.1) is 11.8 Å². The molecule has 0 saturated heterocycles. The van der Waals surface area contributed by atoms with Crippen molar-refractivity contribution in [3.8, 4) is 0 Å². The van der Waals surface area contributed by atoms with E-state index in [1.54, 1.807) is 0 Å². The zero-order valence-corrected chi connectivity index (χ0v) is 8.59. The minimum absolute atomic E-state index is 0.0501. The quantitative estimate of drug-likeness (QED) is 0.596. The van der Waals surface area contributed by atoms with Crippen molar-refractivity contribution in [3.63, 3.8) is 0 Å². The van der Waals surface area contributed by atoms with E-state index in [1.165, 1.54) is 0 Å². The third kappa shape index (κ3) is 4.37. The van der Waals surface area contributed by atoms with Gasteiger partial charge in [0.2, 0.25) is 0 Å². The van der Waals surface area contributed by atoms with Crippen LogP contribution in [0.1, 0.15) is 40.5 Å². The van der Waals surface area contributed by atoms with Crippen LogP contribution < -0.4 is 0 Å². The Balaban J connectivity index is 3.56. The second kappa shape index (κ2) is 6.04. The van der Waals surface area contributed by atoms with E-state index in [0.717, 1.165) is 12.8 Å². The van der Waals surface area contributed by atoms with Gasteiger partial charge in [-0.25, -0.2) is 0 Å². The van der Waals surface area contributed by atoms with Gasteiger partial charge in [-0.05, 0) is 12.3 Å². The van der Waals surface area contributed by atoms with Crippen molar-refractivity contribution in [1.82, 2.24) is 0 Å². The van der Waals surface area contributed by atoms with Crippen LogP contribution in [0.3, 0.4) is 0 Å². The summed E-state index contributed by atoms with van der Waals surface area (Å²) in [6.07, 6.45) is 1.92. The Morgan fingerprint density at radius 1 is 1.25 bits per heavy atom. The van der Waals surface area contributed by atoms with Gasteiger partial charge in [0.05, 0.1) is 12.5 Å². The molecule has 2 unspecified atom stereocenters. The van der Waals surface area contributed by atoms with E-state index in [4.69, 9.17) is 4.74 Å². The average molecular weight is 172 g/mol. The Morgan fingerprint density at radius 2 is 1.83 bits per heavy atom. The second-order valence-corrected chi connectivity index (χ2v) is 3.45. The molecule has 0 N–H and O–H groups in total. The molecule has 2 atom stereocenters. The number of carbonyl (C=O) groups is 1. The van der Waals surface area contributed by atoms with E-state index < -0.39 is 0 Å². The van der Waals surface area contributed by atoms with Crippen LogP contribution in [0.2, 0.25) is 0 Å². The molecule has 0 aliphatic heterocycles. The third-order valence-corrected chi connectivity index (χ3v) is 2.22. The molecule has 2 heteroatoms. The summed E-state index contributed by atoms with van der Waals surface area (Å²) in [6.45, 7) is 8.65. The Kier molecular flexibility index (Phi) is 5.77. The second-order valence-electron chi connectivity index (χ2n) is 3.45. The molecular weight excluding hydrogens is 152 g/mol. The first kappa shape index (κ1) is 11.5. The Morgan fingerprint density at radius 3 is 2.25 bits per heavy atom. The average Bonchev–Trinajstić information content (AvgIpc) is 2.11. The van der Waals surface area contributed by atoms with E-state index in [1.807, 2.05) is 13.8 Å². The lowest BCUT2D eigenvalue weighted by atomic mass is 10.1. The van der Waals surface area contributed by atoms with Gasteiger partial charge in [0.1, 0.15) is 0 Å². The lowest BCUT2D eigenvalue weighted by molar-refractivity contribution is -0.149. The van der Waals surface area contributed by atoms with Gasteiger partial charge >= 0.3 is 5.97 Å². The van der Waals surface area contributed by atoms with E-state index >= 15 is 0 Å². The molecule has 0 saturated carbocycles. The largest absolute Gasteiger partial charge is 0.465 e. The van der Waals surface area contributed by atoms with Gasteiger partial charge in [0, 0.05) is 0 Å². The Hall–Kier alpha value is -0.530. The van der Waals surface area contributed by atoms with Crippen molar-refractivity contribution >= 4 is 5.97 Å². The summed E-state index contributed by atoms with van der Waals surface area (Å²) in [6, 6.07) is 0. The van der Waals surface area contributed by atoms with Crippen molar-refractivity contribution in [2.45, 2.75) is 40.5 Å². The van der Waals surface area contributed by atoms with Gasteiger partial charge in [-0.2, -0.15) is 0 Å². The highest BCUT2D eigenvalue weighted by Crippen LogP contribution is 2.06. The fraction of sp³-hybridized carbons (Fsp3) is 0.900. The molecule has 0 aromatic heterocycles. The van der Waals surface area contributed by atoms with Gasteiger partial charge in [0.15, 0.2) is 0 Å². The van der Waals surface area contributed by atoms with E-state index in [9.17, 15) is 4.79 Å². The van der Waals surface area contributed by atoms with Gasteiger partial charge in [-0.15, -0.1) is 0 Å². The highest BCUT2D eigenvalue weighted by Gasteiger charge is 2.12. The maximum absolute atomic E-state index is 11.2. The van der Waals surface area contributed by atoms with E-state index in [0.29, 0.717) is 12.5 Å². The highest BCUT2D eigenvalue weighted by atomic mass is 16.5. The molecule has 0 aliphatic rings. The summed E-state index contributed by atoms with van der Waals surface area (Å²) in [5.41, 5.74) is 0. The van der Waals surface area contributed by atoms with E-state index in [-0.39, 0.29) is 11.9 Å². The lowest BCUT2D eigenvalue weighted by Crippen LogP contribution is -2.17. The van der Waals surface area contributed by atoms with Crippen molar-refractivity contribution in [1.29, 1.82) is 0 Å². The van der Waals surface area contributed by atoms with E-state index in [2.05, 4.69) is 13.8 Å². The molecule has 0 spiro atoms. The predicted molar refractivity (Wildman–Crippen MR) is 49.9 cm³/mol. The first-order valence-electron chi connectivity index (χ1n) is 4.78. The molecule has 0 heterocycles. The minimum Gasteiger partial charge on any atom is -0.465 e. The number of esters is 1. The summed E-state index contributed by atoms with van der Waals surface area (Å²) >= 11 is 0. The molecule has 12 heavy (non-hydrogen) atoms. The molecule has 0 fully saturated rings. The fourth-order valence-electron chi connectivity index (χ4n) is 0.651. The summed E-state index contributed by atoms with van der Waals surface area (Å²) < 4.78 is 5.11. The van der Waals surface area contributed by atoms with Crippen LogP contribution in [0.15, 0.2) is 0 Å². The highest BCUT2D eigenvalue weighted by molar-refractivity contribution is 5.71. The third-order valence-electron chi connectivity index (χ3n) is 2.22. The van der Waals surface area contributed by atoms with Gasteiger partial charge in [-0.1, -0.05) is 34.1 Å². The summed E-state index contributed by atoms with van der Waals surface area (Å²) in [5.74, 6) is 0.477. The molecule has 0 aliphatic carbocycles. The first-order chi connectivity index (χ1) is 5.61. The van der Waals surface area contributed by atoms with Gasteiger partial charge in [-0.3, -0.25) is 4.79 Å². The van der Waals surface area contributed by atoms with Crippen LogP contribution in [-0.2, 0) is 9.53 Å². The fourth-order valence-corrected chi connectivity index (χ4v) is 0.651. The zero-order chi connectivity index (χ0) is 9.56. The lowest BCUT2D eigenvalue weighted by Gasteiger charge is -2.12. The topological polar surface area (TPSA) is 26.3 Å². The summed E-state index contributed by atoms with van der Waals surface area (Å²) in [5, 5.41) is 0. The maximum atomic E-state index is 11.2. The van der Waals surface area contributed by atoms with Crippen LogP contribution in [0.5, 0.6) is 0 Å². The number of hydrogen-bond acceptors (Lipinski definition) is 2. The molecule has 0 radical (unpaired) electrons. The molecule has 0 aromatic rings. The Bertz CT molecular complexity index is 132. The molecule has 0 rings (SSSR count). The Labute approximate surface area is 75.3 Å². The maximum Gasteiger partial charge on any atom is 0.308 e. The SMILES string of the molecule is CCC(C)COC(=O)C(C)CC. The van der Waals surface area contributed by atoms with Gasteiger partial charge in [0.25, 0.3) is 0 Å². The standard InChI is InChI=1S/C10H20O2/c1-5-8(3)7-12-10(11)9(4)6-2/h8-9H,5-7H2,1-4H3. The van der Waals surface area contributed by atoms with Crippen molar-refractivity contribution in [3.05, 3.63) is 0 Å². The molecule has 0 amide bonds. The van der Waals surface area contributed by atoms with Crippen molar-refractivity contribution < 1.29 is 9.53 Å². The molecule has 0 bridgehead atoms. The smallest absolute Gasteiger partial charge is 0.308 e. The number of ether oxygens (including phenoxy) is 1. The van der Waals surface area contributed by atoms with Crippen LogP contribution in [-0.4, -0.2) is 12.6 Å². The normalized spacial score (nSPS) is 15.3. The predicted octanol–water partition coefficient (Wildman–Crippen LogP) is 2.62. The summed E-state index contributed by atoms with van der Waals surface area (Å²) in [4.78, 5) is 11.2. The van der Waals surface area contributed by atoms with Gasteiger partial charge < -0.3 is 4.74 Å². The monoisotopic (exact) mass is 172 g/mol. The summed E-state index contributed by atoms with van der Waals surface area (Å²) in [7, 11) is 0. The van der Waals surface area contributed by atoms with Crippen LogP contribution in [0.25, 0.3) is 0 Å². The van der Waals surface area contributed by atoms with Crippen LogP contribution >= 0.6 is 0 Å². The molecular formula is C10H20O2. The molecule has 0 aromatic carbocycles.